The van der Waals surface area contributed by atoms with E-state index in [1.807, 2.05) is 60.7 Å². The molecule has 3 aromatic carbocycles. The van der Waals surface area contributed by atoms with Crippen LogP contribution < -0.4 is 0 Å². The molecule has 4 rings (SSSR count). The van der Waals surface area contributed by atoms with E-state index in [1.54, 1.807) is 6.07 Å². The maximum absolute atomic E-state index is 14.0. The molecule has 0 bridgehead atoms. The predicted molar refractivity (Wildman–Crippen MR) is 116 cm³/mol. The fraction of sp³-hybridized carbons (Fsp3) is 0.154. The summed E-state index contributed by atoms with van der Waals surface area (Å²) in [6.07, 6.45) is 0.626. The van der Waals surface area contributed by atoms with Crippen molar-refractivity contribution in [3.05, 3.63) is 119 Å². The molecule has 0 spiro atoms. The number of nitrogens with zero attached hydrogens (tertiary/aromatic N) is 1. The molecule has 1 heterocycles. The van der Waals surface area contributed by atoms with Crippen LogP contribution >= 0.6 is 0 Å². The number of amides is 1. The van der Waals surface area contributed by atoms with Crippen LogP contribution in [0.1, 0.15) is 29.2 Å². The number of aryl methyl sites for hydroxylation is 1. The molecule has 3 aromatic rings. The SMILES string of the molecule is O=C(CCc1ccccc1)C1=C(O)C(=O)N(Cc2ccccc2)[C@H]1c1cccc(F)c1. The van der Waals surface area contributed by atoms with E-state index >= 15 is 0 Å². The molecule has 1 atom stereocenters. The van der Waals surface area contributed by atoms with Gasteiger partial charge in [-0.3, -0.25) is 9.59 Å². The molecule has 1 amide bonds. The molecule has 5 heteroatoms. The van der Waals surface area contributed by atoms with Gasteiger partial charge in [0, 0.05) is 13.0 Å². The number of aliphatic hydroxyl groups is 1. The predicted octanol–water partition coefficient (Wildman–Crippen LogP) is 4.92. The Labute approximate surface area is 180 Å². The number of Topliss-reactive ketones (excluding diaryl/α,β-unsaturated/α-hetero) is 1. The molecule has 0 unspecified atom stereocenters. The zero-order chi connectivity index (χ0) is 21.8. The third-order valence-corrected chi connectivity index (χ3v) is 5.45. The Morgan fingerprint density at radius 2 is 1.55 bits per heavy atom. The lowest BCUT2D eigenvalue weighted by Crippen LogP contribution is -2.30. The first-order valence-corrected chi connectivity index (χ1v) is 10.1. The van der Waals surface area contributed by atoms with E-state index in [0.29, 0.717) is 12.0 Å². The molecular formula is C26H22FNO3. The molecule has 1 aliphatic heterocycles. The summed E-state index contributed by atoms with van der Waals surface area (Å²) < 4.78 is 14.0. The Kier molecular flexibility index (Phi) is 5.94. The monoisotopic (exact) mass is 415 g/mol. The van der Waals surface area contributed by atoms with Gasteiger partial charge in [0.15, 0.2) is 11.5 Å². The third-order valence-electron chi connectivity index (χ3n) is 5.45. The molecular weight excluding hydrogens is 393 g/mol. The molecule has 0 aromatic heterocycles. The number of carbonyl (C=O) groups excluding carboxylic acids is 2. The van der Waals surface area contributed by atoms with Gasteiger partial charge in [-0.2, -0.15) is 0 Å². The second kappa shape index (κ2) is 8.96. The fourth-order valence-corrected chi connectivity index (χ4v) is 3.94. The summed E-state index contributed by atoms with van der Waals surface area (Å²) >= 11 is 0. The summed E-state index contributed by atoms with van der Waals surface area (Å²) in [5, 5.41) is 10.6. The average molecular weight is 415 g/mol. The number of ketones is 1. The largest absolute Gasteiger partial charge is 0.503 e. The maximum Gasteiger partial charge on any atom is 0.290 e. The van der Waals surface area contributed by atoms with Crippen molar-refractivity contribution in [1.82, 2.24) is 4.90 Å². The topological polar surface area (TPSA) is 57.6 Å². The number of carbonyl (C=O) groups is 2. The van der Waals surface area contributed by atoms with E-state index in [2.05, 4.69) is 0 Å². The molecule has 0 aliphatic carbocycles. The summed E-state index contributed by atoms with van der Waals surface area (Å²) in [4.78, 5) is 27.5. The van der Waals surface area contributed by atoms with E-state index in [0.717, 1.165) is 11.1 Å². The molecule has 1 N–H and O–H groups in total. The van der Waals surface area contributed by atoms with E-state index < -0.39 is 23.5 Å². The van der Waals surface area contributed by atoms with Crippen LogP contribution in [0.5, 0.6) is 0 Å². The van der Waals surface area contributed by atoms with Crippen molar-refractivity contribution in [3.63, 3.8) is 0 Å². The van der Waals surface area contributed by atoms with Crippen molar-refractivity contribution < 1.29 is 19.1 Å². The number of halogens is 1. The highest BCUT2D eigenvalue weighted by molar-refractivity contribution is 6.09. The van der Waals surface area contributed by atoms with Gasteiger partial charge in [-0.05, 0) is 35.2 Å². The normalized spacial score (nSPS) is 16.1. The Balaban J connectivity index is 1.67. The summed E-state index contributed by atoms with van der Waals surface area (Å²) in [7, 11) is 0. The summed E-state index contributed by atoms with van der Waals surface area (Å²) in [6.45, 7) is 0.195. The second-order valence-electron chi connectivity index (χ2n) is 7.55. The van der Waals surface area contributed by atoms with Gasteiger partial charge < -0.3 is 10.0 Å². The molecule has 156 valence electrons. The van der Waals surface area contributed by atoms with Crippen molar-refractivity contribution in [1.29, 1.82) is 0 Å². The van der Waals surface area contributed by atoms with Gasteiger partial charge in [-0.1, -0.05) is 72.8 Å². The van der Waals surface area contributed by atoms with Crippen LogP contribution in [-0.4, -0.2) is 21.7 Å². The summed E-state index contributed by atoms with van der Waals surface area (Å²) in [5.41, 5.74) is 2.32. The van der Waals surface area contributed by atoms with Crippen LogP contribution in [-0.2, 0) is 22.6 Å². The van der Waals surface area contributed by atoms with Crippen LogP contribution in [0.3, 0.4) is 0 Å². The first-order valence-electron chi connectivity index (χ1n) is 10.1. The van der Waals surface area contributed by atoms with E-state index in [4.69, 9.17) is 0 Å². The van der Waals surface area contributed by atoms with E-state index in [1.165, 1.54) is 23.1 Å². The van der Waals surface area contributed by atoms with Gasteiger partial charge in [0.05, 0.1) is 11.6 Å². The molecule has 4 nitrogen and oxygen atoms in total. The molecule has 0 saturated heterocycles. The first kappa shape index (κ1) is 20.5. The lowest BCUT2D eigenvalue weighted by Gasteiger charge is -2.27. The summed E-state index contributed by atoms with van der Waals surface area (Å²) in [6, 6.07) is 23.8. The fourth-order valence-electron chi connectivity index (χ4n) is 3.94. The zero-order valence-corrected chi connectivity index (χ0v) is 16.9. The quantitative estimate of drug-likeness (QED) is 0.596. The minimum Gasteiger partial charge on any atom is -0.503 e. The zero-order valence-electron chi connectivity index (χ0n) is 16.9. The van der Waals surface area contributed by atoms with Gasteiger partial charge >= 0.3 is 0 Å². The lowest BCUT2D eigenvalue weighted by atomic mass is 9.93. The number of aliphatic hydroxyl groups excluding tert-OH is 1. The van der Waals surface area contributed by atoms with Crippen LogP contribution in [0.4, 0.5) is 4.39 Å². The second-order valence-corrected chi connectivity index (χ2v) is 7.55. The average Bonchev–Trinajstić information content (AvgIpc) is 3.04. The smallest absolute Gasteiger partial charge is 0.290 e. The highest BCUT2D eigenvalue weighted by Gasteiger charge is 2.43. The number of hydrogen-bond acceptors (Lipinski definition) is 3. The van der Waals surface area contributed by atoms with E-state index in [9.17, 15) is 19.1 Å². The van der Waals surface area contributed by atoms with Crippen molar-refractivity contribution >= 4 is 11.7 Å². The molecule has 31 heavy (non-hydrogen) atoms. The van der Waals surface area contributed by atoms with Gasteiger partial charge in [-0.25, -0.2) is 4.39 Å². The minimum atomic E-state index is -0.841. The Bertz CT molecular complexity index is 1130. The Morgan fingerprint density at radius 1 is 0.903 bits per heavy atom. The Hall–Kier alpha value is -3.73. The number of benzene rings is 3. The van der Waals surface area contributed by atoms with Crippen molar-refractivity contribution in [2.24, 2.45) is 0 Å². The first-order chi connectivity index (χ1) is 15.0. The maximum atomic E-state index is 14.0. The number of hydrogen-bond donors (Lipinski definition) is 1. The van der Waals surface area contributed by atoms with Gasteiger partial charge in [0.1, 0.15) is 5.82 Å². The highest BCUT2D eigenvalue weighted by Crippen LogP contribution is 2.39. The molecule has 1 aliphatic rings. The minimum absolute atomic E-state index is 0.0301. The van der Waals surface area contributed by atoms with Crippen LogP contribution in [0.2, 0.25) is 0 Å². The number of rotatable bonds is 7. The van der Waals surface area contributed by atoms with Crippen LogP contribution in [0.15, 0.2) is 96.3 Å². The molecule has 0 fully saturated rings. The van der Waals surface area contributed by atoms with Crippen molar-refractivity contribution in [3.8, 4) is 0 Å². The van der Waals surface area contributed by atoms with Crippen LogP contribution in [0.25, 0.3) is 0 Å². The molecule has 0 saturated carbocycles. The standard InChI is InChI=1S/C26H22FNO3/c27-21-13-7-12-20(16-21)24-23(22(29)15-14-18-8-3-1-4-9-18)25(30)26(31)28(24)17-19-10-5-2-6-11-19/h1-13,16,24,30H,14-15,17H2/t24-/m0/s1. The molecule has 0 radical (unpaired) electrons. The summed E-state index contributed by atoms with van der Waals surface area (Å²) in [5.74, 6) is -1.96. The van der Waals surface area contributed by atoms with Crippen LogP contribution in [0, 0.1) is 5.82 Å². The lowest BCUT2D eigenvalue weighted by molar-refractivity contribution is -0.130. The Morgan fingerprint density at radius 3 is 2.19 bits per heavy atom. The van der Waals surface area contributed by atoms with Crippen molar-refractivity contribution in [2.75, 3.05) is 0 Å². The highest BCUT2D eigenvalue weighted by atomic mass is 19.1. The van der Waals surface area contributed by atoms with Gasteiger partial charge in [0.2, 0.25) is 0 Å². The van der Waals surface area contributed by atoms with Gasteiger partial charge in [0.25, 0.3) is 5.91 Å². The third kappa shape index (κ3) is 4.40. The van der Waals surface area contributed by atoms with E-state index in [-0.39, 0.29) is 24.3 Å². The van der Waals surface area contributed by atoms with Gasteiger partial charge in [-0.15, -0.1) is 0 Å². The van der Waals surface area contributed by atoms with Crippen molar-refractivity contribution in [2.45, 2.75) is 25.4 Å².